The molecular weight excluding hydrogens is 518 g/mol. The summed E-state index contributed by atoms with van der Waals surface area (Å²) in [6.07, 6.45) is 3.51. The second-order valence-corrected chi connectivity index (χ2v) is 14.9. The minimum Gasteiger partial charge on any atom is -0.0678 e. The van der Waals surface area contributed by atoms with Gasteiger partial charge < -0.3 is 0 Å². The van der Waals surface area contributed by atoms with E-state index in [9.17, 15) is 0 Å². The third-order valence-corrected chi connectivity index (χ3v) is 13.3. The van der Waals surface area contributed by atoms with Gasteiger partial charge in [0.05, 0.1) is 0 Å². The molecule has 0 N–H and O–H groups in total. The lowest BCUT2D eigenvalue weighted by Gasteiger charge is -2.28. The van der Waals surface area contributed by atoms with Crippen LogP contribution < -0.4 is 26.5 Å². The maximum absolute atomic E-state index is 2.47. The monoisotopic (exact) mass is 556 g/mol. The fourth-order valence-electron chi connectivity index (χ4n) is 5.59. The highest BCUT2D eigenvalue weighted by Gasteiger charge is 2.25. The van der Waals surface area contributed by atoms with Crippen molar-refractivity contribution in [1.82, 2.24) is 0 Å². The van der Waals surface area contributed by atoms with Gasteiger partial charge in [0.15, 0.2) is 0 Å². The number of hydrogen-bond donors (Lipinski definition) is 0. The van der Waals surface area contributed by atoms with Crippen LogP contribution in [0.3, 0.4) is 0 Å². The largest absolute Gasteiger partial charge is 0.0678 e. The Morgan fingerprint density at radius 2 is 0.950 bits per heavy atom. The first kappa shape index (κ1) is 28.2. The zero-order chi connectivity index (χ0) is 28.1. The predicted molar refractivity (Wildman–Crippen MR) is 182 cm³/mol. The summed E-state index contributed by atoms with van der Waals surface area (Å²) in [6.45, 7) is 11.4. The molecule has 200 valence electrons. The summed E-state index contributed by atoms with van der Waals surface area (Å²) in [5.74, 6) is 0. The summed E-state index contributed by atoms with van der Waals surface area (Å²) in [4.78, 5) is 0. The van der Waals surface area contributed by atoms with Crippen LogP contribution in [0.5, 0.6) is 0 Å². The number of aryl methyl sites for hydroxylation is 4. The Morgan fingerprint density at radius 1 is 0.525 bits per heavy atom. The SMILES string of the molecule is C/C(=C/c1ccccc1P(c1c(C)cccc1C)c1c(C)cccc1C)CP(c1ccccc1)c1ccccc1. The van der Waals surface area contributed by atoms with Crippen molar-refractivity contribution in [1.29, 1.82) is 0 Å². The molecule has 0 aliphatic heterocycles. The Bertz CT molecular complexity index is 1490. The van der Waals surface area contributed by atoms with Gasteiger partial charge in [0, 0.05) is 0 Å². The second-order valence-electron chi connectivity index (χ2n) is 10.6. The van der Waals surface area contributed by atoms with E-state index in [1.54, 1.807) is 0 Å². The Hall–Kier alpha value is -3.30. The van der Waals surface area contributed by atoms with E-state index < -0.39 is 15.8 Å². The lowest BCUT2D eigenvalue weighted by molar-refractivity contribution is 1.42. The molecule has 2 heteroatoms. The maximum atomic E-state index is 2.47. The van der Waals surface area contributed by atoms with E-state index in [4.69, 9.17) is 0 Å². The molecule has 0 heterocycles. The fraction of sp³-hybridized carbons (Fsp3) is 0.158. The zero-order valence-corrected chi connectivity index (χ0v) is 26.0. The van der Waals surface area contributed by atoms with Gasteiger partial charge in [-0.1, -0.05) is 133 Å². The molecule has 5 aromatic carbocycles. The van der Waals surface area contributed by atoms with Gasteiger partial charge in [-0.05, 0) is 111 Å². The third kappa shape index (κ3) is 6.20. The molecule has 0 spiro atoms. The molecule has 0 aromatic heterocycles. The van der Waals surface area contributed by atoms with E-state index in [1.165, 1.54) is 59.9 Å². The molecule has 0 amide bonds. The van der Waals surface area contributed by atoms with Crippen molar-refractivity contribution in [2.24, 2.45) is 0 Å². The molecule has 5 rings (SSSR count). The summed E-state index contributed by atoms with van der Waals surface area (Å²) < 4.78 is 0. The number of allylic oxidation sites excluding steroid dienone is 1. The molecule has 0 unspecified atom stereocenters. The van der Waals surface area contributed by atoms with Gasteiger partial charge in [0.25, 0.3) is 0 Å². The Kier molecular flexibility index (Phi) is 9.11. The zero-order valence-electron chi connectivity index (χ0n) is 24.2. The molecule has 0 bridgehead atoms. The average Bonchev–Trinajstić information content (AvgIpc) is 2.96. The molecule has 0 atom stereocenters. The summed E-state index contributed by atoms with van der Waals surface area (Å²) in [5, 5.41) is 7.28. The molecule has 0 fully saturated rings. The van der Waals surface area contributed by atoms with Crippen molar-refractivity contribution in [2.75, 3.05) is 6.16 Å². The molecule has 40 heavy (non-hydrogen) atoms. The van der Waals surface area contributed by atoms with Gasteiger partial charge in [-0.15, -0.1) is 0 Å². The lowest BCUT2D eigenvalue weighted by atomic mass is 10.1. The van der Waals surface area contributed by atoms with Crippen molar-refractivity contribution in [3.63, 3.8) is 0 Å². The third-order valence-electron chi connectivity index (χ3n) is 7.45. The number of benzene rings is 5. The topological polar surface area (TPSA) is 0 Å². The first-order valence-electron chi connectivity index (χ1n) is 14.0. The quantitative estimate of drug-likeness (QED) is 0.169. The standard InChI is InChI=1S/C38H38P2/c1-28(27-39(34-21-8-6-9-22-34)35-23-10-7-11-24-35)26-33-20-12-13-25-36(33)40(37-29(2)16-14-17-30(37)3)38-31(4)18-15-19-32(38)5/h6-26H,27H2,1-5H3/b28-26-. The van der Waals surface area contributed by atoms with Gasteiger partial charge in [-0.2, -0.15) is 0 Å². The van der Waals surface area contributed by atoms with E-state index in [0.717, 1.165) is 6.16 Å². The second kappa shape index (κ2) is 12.9. The minimum absolute atomic E-state index is 0.483. The van der Waals surface area contributed by atoms with Crippen LogP contribution in [0.15, 0.2) is 127 Å². The van der Waals surface area contributed by atoms with Crippen molar-refractivity contribution < 1.29 is 0 Å². The van der Waals surface area contributed by atoms with E-state index in [2.05, 4.69) is 162 Å². The summed E-state index contributed by atoms with van der Waals surface area (Å²) in [7, 11) is -1.21. The average molecular weight is 557 g/mol. The molecule has 0 aliphatic rings. The van der Waals surface area contributed by atoms with Crippen molar-refractivity contribution in [2.45, 2.75) is 34.6 Å². The van der Waals surface area contributed by atoms with Crippen LogP contribution in [0, 0.1) is 27.7 Å². The Labute approximate surface area is 243 Å². The smallest absolute Gasteiger partial charge is 0.00333 e. The van der Waals surface area contributed by atoms with Gasteiger partial charge in [0.1, 0.15) is 0 Å². The van der Waals surface area contributed by atoms with Crippen LogP contribution in [0.2, 0.25) is 0 Å². The lowest BCUT2D eigenvalue weighted by Crippen LogP contribution is -2.28. The fourth-order valence-corrected chi connectivity index (χ4v) is 11.0. The first-order valence-corrected chi connectivity index (χ1v) is 16.9. The van der Waals surface area contributed by atoms with Gasteiger partial charge >= 0.3 is 0 Å². The minimum atomic E-state index is -0.728. The van der Waals surface area contributed by atoms with Crippen molar-refractivity contribution in [3.05, 3.63) is 155 Å². The van der Waals surface area contributed by atoms with E-state index >= 15 is 0 Å². The molecular formula is C38H38P2. The van der Waals surface area contributed by atoms with Crippen LogP contribution in [-0.4, -0.2) is 6.16 Å². The molecule has 0 saturated heterocycles. The van der Waals surface area contributed by atoms with Crippen molar-refractivity contribution in [3.8, 4) is 0 Å². The highest BCUT2D eigenvalue weighted by atomic mass is 31.1. The van der Waals surface area contributed by atoms with E-state index in [-0.39, 0.29) is 0 Å². The number of rotatable bonds is 8. The molecule has 5 aromatic rings. The van der Waals surface area contributed by atoms with Crippen LogP contribution >= 0.6 is 15.8 Å². The van der Waals surface area contributed by atoms with E-state index in [0.29, 0.717) is 0 Å². The van der Waals surface area contributed by atoms with Gasteiger partial charge in [0.2, 0.25) is 0 Å². The van der Waals surface area contributed by atoms with E-state index in [1.807, 2.05) is 0 Å². The Balaban J connectivity index is 1.63. The van der Waals surface area contributed by atoms with Gasteiger partial charge in [-0.25, -0.2) is 0 Å². The van der Waals surface area contributed by atoms with Crippen LogP contribution in [0.1, 0.15) is 34.7 Å². The van der Waals surface area contributed by atoms with Crippen LogP contribution in [0.4, 0.5) is 0 Å². The molecule has 0 radical (unpaired) electrons. The van der Waals surface area contributed by atoms with Crippen LogP contribution in [0.25, 0.3) is 6.08 Å². The summed E-state index contributed by atoms with van der Waals surface area (Å²) >= 11 is 0. The highest BCUT2D eigenvalue weighted by Crippen LogP contribution is 2.40. The predicted octanol–water partition coefficient (Wildman–Crippen LogP) is 8.21. The molecule has 0 aliphatic carbocycles. The normalized spacial score (nSPS) is 11.8. The first-order chi connectivity index (χ1) is 19.4. The molecule has 0 saturated carbocycles. The van der Waals surface area contributed by atoms with Gasteiger partial charge in [-0.3, -0.25) is 0 Å². The van der Waals surface area contributed by atoms with Crippen molar-refractivity contribution >= 4 is 48.4 Å². The molecule has 0 nitrogen and oxygen atoms in total. The number of hydrogen-bond acceptors (Lipinski definition) is 0. The highest BCUT2D eigenvalue weighted by molar-refractivity contribution is 7.80. The summed E-state index contributed by atoms with van der Waals surface area (Å²) in [5.41, 5.74) is 8.26. The Morgan fingerprint density at radius 3 is 1.43 bits per heavy atom. The maximum Gasteiger partial charge on any atom is -0.00333 e. The summed E-state index contributed by atoms with van der Waals surface area (Å²) in [6, 6.07) is 44.7. The van der Waals surface area contributed by atoms with Crippen LogP contribution in [-0.2, 0) is 0 Å².